The molecule has 9 heteroatoms. The van der Waals surface area contributed by atoms with Crippen molar-refractivity contribution in [2.75, 3.05) is 0 Å². The van der Waals surface area contributed by atoms with Crippen molar-refractivity contribution in [1.82, 2.24) is 9.78 Å². The van der Waals surface area contributed by atoms with E-state index < -0.39 is 17.7 Å². The van der Waals surface area contributed by atoms with E-state index >= 15 is 0 Å². The molecule has 0 aliphatic heterocycles. The molecule has 1 heterocycles. The molecular formula is C30H33F3N2O4. The summed E-state index contributed by atoms with van der Waals surface area (Å²) < 4.78 is 47.1. The van der Waals surface area contributed by atoms with Crippen LogP contribution in [0.1, 0.15) is 84.7 Å². The van der Waals surface area contributed by atoms with Crippen LogP contribution in [-0.4, -0.2) is 26.6 Å². The van der Waals surface area contributed by atoms with Crippen LogP contribution in [-0.2, 0) is 11.0 Å². The molecule has 0 saturated heterocycles. The van der Waals surface area contributed by atoms with Crippen molar-refractivity contribution >= 4 is 11.8 Å². The first-order chi connectivity index (χ1) is 18.2. The van der Waals surface area contributed by atoms with Crippen LogP contribution < -0.4 is 4.74 Å². The lowest BCUT2D eigenvalue weighted by atomic mass is 9.62. The fraction of sp³-hybridized carbons (Fsp3) is 0.433. The number of Topliss-reactive ketones (excluding diaryl/α,β-unsaturated/α-hetero) is 1. The van der Waals surface area contributed by atoms with E-state index in [2.05, 4.69) is 18.9 Å². The van der Waals surface area contributed by atoms with Gasteiger partial charge >= 0.3 is 12.1 Å². The number of hydrogen-bond acceptors (Lipinski definition) is 4. The number of benzene rings is 2. The van der Waals surface area contributed by atoms with Crippen LogP contribution in [0.15, 0.2) is 48.8 Å². The van der Waals surface area contributed by atoms with E-state index in [0.717, 1.165) is 41.9 Å². The summed E-state index contributed by atoms with van der Waals surface area (Å²) in [5, 5.41) is 12.7. The van der Waals surface area contributed by atoms with Crippen molar-refractivity contribution in [3.05, 3.63) is 76.6 Å². The maximum Gasteiger partial charge on any atom is 0.419 e. The first-order valence-electron chi connectivity index (χ1n) is 13.0. The number of aryl methyl sites for hydroxylation is 2. The van der Waals surface area contributed by atoms with Gasteiger partial charge < -0.3 is 9.84 Å². The highest BCUT2D eigenvalue weighted by Gasteiger charge is 2.42. The smallest absolute Gasteiger partial charge is 0.419 e. The monoisotopic (exact) mass is 542 g/mol. The highest BCUT2D eigenvalue weighted by atomic mass is 19.4. The van der Waals surface area contributed by atoms with Gasteiger partial charge in [-0.2, -0.15) is 18.3 Å². The zero-order chi connectivity index (χ0) is 28.5. The molecule has 4 rings (SSSR count). The Morgan fingerprint density at radius 1 is 1.10 bits per heavy atom. The van der Waals surface area contributed by atoms with Crippen LogP contribution in [0.25, 0.3) is 5.69 Å². The normalized spacial score (nSPS) is 16.0. The van der Waals surface area contributed by atoms with E-state index in [-0.39, 0.29) is 36.1 Å². The highest BCUT2D eigenvalue weighted by molar-refractivity contribution is 5.96. The molecule has 1 aliphatic rings. The van der Waals surface area contributed by atoms with Crippen molar-refractivity contribution in [3.8, 4) is 11.4 Å². The average Bonchev–Trinajstić information content (AvgIpc) is 3.31. The first kappa shape index (κ1) is 28.4. The summed E-state index contributed by atoms with van der Waals surface area (Å²) >= 11 is 0. The molecule has 1 N–H and O–H groups in total. The minimum atomic E-state index is -4.47. The van der Waals surface area contributed by atoms with Crippen LogP contribution in [0.3, 0.4) is 0 Å². The first-order valence-corrected chi connectivity index (χ1v) is 13.0. The van der Waals surface area contributed by atoms with E-state index in [1.54, 1.807) is 12.1 Å². The van der Waals surface area contributed by atoms with Gasteiger partial charge in [-0.3, -0.25) is 9.59 Å². The number of carbonyl (C=O) groups is 2. The molecule has 0 amide bonds. The molecule has 1 unspecified atom stereocenters. The minimum absolute atomic E-state index is 0.0429. The molecule has 0 radical (unpaired) electrons. The topological polar surface area (TPSA) is 81.4 Å². The second-order valence-electron chi connectivity index (χ2n) is 11.2. The molecule has 2 aromatic carbocycles. The molecule has 0 bridgehead atoms. The van der Waals surface area contributed by atoms with Crippen molar-refractivity contribution in [2.45, 2.75) is 72.1 Å². The number of hydrogen-bond donors (Lipinski definition) is 1. The molecule has 1 aliphatic carbocycles. The molecular weight excluding hydrogens is 509 g/mol. The summed E-state index contributed by atoms with van der Waals surface area (Å²) in [5.41, 5.74) is 2.90. The van der Waals surface area contributed by atoms with Gasteiger partial charge in [0.25, 0.3) is 0 Å². The maximum absolute atomic E-state index is 13.1. The predicted molar refractivity (Wildman–Crippen MR) is 140 cm³/mol. The lowest BCUT2D eigenvalue weighted by Crippen LogP contribution is -2.37. The zero-order valence-electron chi connectivity index (χ0n) is 22.5. The molecule has 1 fully saturated rings. The Morgan fingerprint density at radius 3 is 2.23 bits per heavy atom. The summed E-state index contributed by atoms with van der Waals surface area (Å²) in [7, 11) is 0. The SMILES string of the molecule is Cc1cc(OC(c2ccc(C(=O)CCCC(=O)O)cc2)C2CC(C)(C)C2)cc(C)c1-n1cc(C(F)(F)F)cn1. The fourth-order valence-corrected chi connectivity index (χ4v) is 5.50. The highest BCUT2D eigenvalue weighted by Crippen LogP contribution is 2.51. The minimum Gasteiger partial charge on any atom is -0.485 e. The summed E-state index contributed by atoms with van der Waals surface area (Å²) in [6.07, 6.45) is -0.561. The molecule has 0 spiro atoms. The van der Waals surface area contributed by atoms with Gasteiger partial charge in [-0.25, -0.2) is 4.68 Å². The zero-order valence-corrected chi connectivity index (χ0v) is 22.5. The quantitative estimate of drug-likeness (QED) is 0.268. The summed E-state index contributed by atoms with van der Waals surface area (Å²) in [4.78, 5) is 23.2. The number of alkyl halides is 3. The van der Waals surface area contributed by atoms with Gasteiger partial charge in [0.2, 0.25) is 0 Å². The number of ketones is 1. The summed E-state index contributed by atoms with van der Waals surface area (Å²) in [6.45, 7) is 8.05. The number of aliphatic carboxylic acids is 1. The Kier molecular flexibility index (Phi) is 7.91. The van der Waals surface area contributed by atoms with Crippen LogP contribution in [0.2, 0.25) is 0 Å². The lowest BCUT2D eigenvalue weighted by Gasteiger charge is -2.46. The molecule has 3 aromatic rings. The third-order valence-electron chi connectivity index (χ3n) is 7.28. The molecule has 1 aromatic heterocycles. The van der Waals surface area contributed by atoms with E-state index in [4.69, 9.17) is 9.84 Å². The standard InChI is InChI=1S/C30H33F3N2O4/c1-18-12-24(13-19(2)27(18)35-17-23(16-34-35)30(31,32)33)39-28(22-14-29(3,4)15-22)21-10-8-20(9-11-21)25(36)6-5-7-26(37)38/h8-13,16-17,22,28H,5-7,14-15H2,1-4H3,(H,37,38). The number of carboxylic acid groups (broad SMARTS) is 1. The van der Waals surface area contributed by atoms with E-state index in [9.17, 15) is 22.8 Å². The van der Waals surface area contributed by atoms with Gasteiger partial charge in [-0.05, 0) is 67.3 Å². The summed E-state index contributed by atoms with van der Waals surface area (Å²) in [6, 6.07) is 10.9. The van der Waals surface area contributed by atoms with Crippen molar-refractivity contribution in [3.63, 3.8) is 0 Å². The maximum atomic E-state index is 13.1. The average molecular weight is 543 g/mol. The van der Waals surface area contributed by atoms with Gasteiger partial charge in [-0.15, -0.1) is 0 Å². The van der Waals surface area contributed by atoms with Crippen molar-refractivity contribution < 1.29 is 32.6 Å². The van der Waals surface area contributed by atoms with Crippen molar-refractivity contribution in [2.24, 2.45) is 11.3 Å². The second-order valence-corrected chi connectivity index (χ2v) is 11.2. The van der Waals surface area contributed by atoms with Gasteiger partial charge in [0.05, 0.1) is 17.4 Å². The Labute approximate surface area is 225 Å². The second kappa shape index (κ2) is 10.9. The number of halogens is 3. The third kappa shape index (κ3) is 6.69. The Bertz CT molecular complexity index is 1330. The Morgan fingerprint density at radius 2 is 1.72 bits per heavy atom. The van der Waals surface area contributed by atoms with Crippen molar-refractivity contribution in [1.29, 1.82) is 0 Å². The summed E-state index contributed by atoms with van der Waals surface area (Å²) in [5.74, 6) is -0.145. The Balaban J connectivity index is 1.56. The molecule has 208 valence electrons. The number of nitrogens with zero attached hydrogens (tertiary/aromatic N) is 2. The number of ether oxygens (including phenoxy) is 1. The lowest BCUT2D eigenvalue weighted by molar-refractivity contribution is -0.138. The third-order valence-corrected chi connectivity index (χ3v) is 7.28. The van der Waals surface area contributed by atoms with Gasteiger partial charge in [0.1, 0.15) is 11.9 Å². The fourth-order valence-electron chi connectivity index (χ4n) is 5.50. The predicted octanol–water partition coefficient (Wildman–Crippen LogP) is 7.50. The van der Waals surface area contributed by atoms with Crippen LogP contribution in [0.5, 0.6) is 5.75 Å². The van der Waals surface area contributed by atoms with Crippen LogP contribution in [0, 0.1) is 25.2 Å². The molecule has 6 nitrogen and oxygen atoms in total. The molecule has 39 heavy (non-hydrogen) atoms. The number of aromatic nitrogens is 2. The number of carbonyl (C=O) groups excluding carboxylic acids is 1. The van der Waals surface area contributed by atoms with Gasteiger partial charge in [0, 0.05) is 30.5 Å². The van der Waals surface area contributed by atoms with E-state index in [0.29, 0.717) is 23.4 Å². The number of carboxylic acids is 1. The van der Waals surface area contributed by atoms with E-state index in [1.807, 2.05) is 38.1 Å². The van der Waals surface area contributed by atoms with Gasteiger partial charge in [0.15, 0.2) is 5.78 Å². The molecule has 1 atom stereocenters. The largest absolute Gasteiger partial charge is 0.485 e. The van der Waals surface area contributed by atoms with Crippen LogP contribution in [0.4, 0.5) is 13.2 Å². The number of rotatable bonds is 10. The Hall–Kier alpha value is -3.62. The van der Waals surface area contributed by atoms with Gasteiger partial charge in [-0.1, -0.05) is 38.1 Å². The van der Waals surface area contributed by atoms with E-state index in [1.165, 1.54) is 4.68 Å². The van der Waals surface area contributed by atoms with Crippen LogP contribution >= 0.6 is 0 Å². The molecule has 1 saturated carbocycles.